The summed E-state index contributed by atoms with van der Waals surface area (Å²) in [6.45, 7) is 1.80. The highest BCUT2D eigenvalue weighted by atomic mass is 35.5. The monoisotopic (exact) mass is 579 g/mol. The van der Waals surface area contributed by atoms with Crippen LogP contribution in [0.15, 0.2) is 54.6 Å². The lowest BCUT2D eigenvalue weighted by molar-refractivity contribution is -0.147. The van der Waals surface area contributed by atoms with Crippen LogP contribution < -0.4 is 4.74 Å². The van der Waals surface area contributed by atoms with Crippen molar-refractivity contribution in [2.75, 3.05) is 33.5 Å². The molecule has 1 fully saturated rings. The molecule has 9 nitrogen and oxygen atoms in total. The van der Waals surface area contributed by atoms with Gasteiger partial charge in [-0.15, -0.1) is 0 Å². The Balaban J connectivity index is 1.20. The fourth-order valence-electron chi connectivity index (χ4n) is 4.98. The molecule has 0 saturated heterocycles. The molecule has 41 heavy (non-hydrogen) atoms. The van der Waals surface area contributed by atoms with Crippen LogP contribution in [0.25, 0.3) is 33.5 Å². The molecule has 0 atom stereocenters. The molecule has 1 aliphatic rings. The number of nitrogens with one attached hydrogen (secondary N) is 1. The Morgan fingerprint density at radius 1 is 0.927 bits per heavy atom. The number of aliphatic hydroxyl groups excluding tert-OH is 1. The summed E-state index contributed by atoms with van der Waals surface area (Å²) in [5, 5.41) is 9.24. The van der Waals surface area contributed by atoms with Crippen LogP contribution in [0.3, 0.4) is 0 Å². The molecule has 2 aromatic carbocycles. The molecule has 0 bridgehead atoms. The third kappa shape index (κ3) is 7.42. The minimum absolute atomic E-state index is 0.0162. The number of aromatic amines is 1. The van der Waals surface area contributed by atoms with Crippen LogP contribution in [0, 0.1) is 5.92 Å². The number of rotatable bonds is 12. The van der Waals surface area contributed by atoms with Crippen LogP contribution in [0.1, 0.15) is 31.2 Å². The van der Waals surface area contributed by atoms with Crippen molar-refractivity contribution >= 4 is 28.7 Å². The zero-order valence-corrected chi connectivity index (χ0v) is 23.7. The number of carbonyl (C=O) groups excluding carboxylic acids is 1. The van der Waals surface area contributed by atoms with Gasteiger partial charge in [0.25, 0.3) is 6.01 Å². The quantitative estimate of drug-likeness (QED) is 0.165. The van der Waals surface area contributed by atoms with Gasteiger partial charge in [-0.2, -0.15) is 4.98 Å². The number of hydrogen-bond acceptors (Lipinski definition) is 8. The molecular weight excluding hydrogens is 546 g/mol. The first kappa shape index (κ1) is 29.0. The number of imidazole rings is 1. The summed E-state index contributed by atoms with van der Waals surface area (Å²) >= 11 is 6.62. The SMILES string of the molecule is COC(=O)C1CCC(Oc2nc3nc(-c4ccc(-c5ccc(COCCOCCO)cc5)cc4)c(Cl)cc3[nH]2)CC1. The Morgan fingerprint density at radius 3 is 2.27 bits per heavy atom. The summed E-state index contributed by atoms with van der Waals surface area (Å²) < 4.78 is 21.8. The number of fused-ring (bicyclic) bond motifs is 1. The molecule has 1 aliphatic carbocycles. The molecule has 1 saturated carbocycles. The van der Waals surface area contributed by atoms with Crippen LogP contribution in [0.2, 0.25) is 5.02 Å². The van der Waals surface area contributed by atoms with Gasteiger partial charge in [0, 0.05) is 5.56 Å². The second-order valence-corrected chi connectivity index (χ2v) is 10.4. The molecular formula is C31H34ClN3O6. The molecule has 0 aliphatic heterocycles. The van der Waals surface area contributed by atoms with Crippen molar-refractivity contribution in [1.29, 1.82) is 0 Å². The summed E-state index contributed by atoms with van der Waals surface area (Å²) in [7, 11) is 1.43. The highest BCUT2D eigenvalue weighted by Gasteiger charge is 2.28. The molecule has 5 rings (SSSR count). The molecule has 0 unspecified atom stereocenters. The molecule has 2 heterocycles. The van der Waals surface area contributed by atoms with Crippen molar-refractivity contribution in [2.24, 2.45) is 5.92 Å². The van der Waals surface area contributed by atoms with Crippen LogP contribution in [0.5, 0.6) is 6.01 Å². The lowest BCUT2D eigenvalue weighted by Gasteiger charge is -2.26. The summed E-state index contributed by atoms with van der Waals surface area (Å²) in [5.74, 6) is -0.206. The molecule has 10 heteroatoms. The number of aromatic nitrogens is 3. The molecule has 0 spiro atoms. The van der Waals surface area contributed by atoms with Crippen molar-refractivity contribution in [1.82, 2.24) is 15.0 Å². The molecule has 2 N–H and O–H groups in total. The van der Waals surface area contributed by atoms with E-state index in [0.29, 0.717) is 54.3 Å². The van der Waals surface area contributed by atoms with Gasteiger partial charge in [0.1, 0.15) is 6.10 Å². The highest BCUT2D eigenvalue weighted by molar-refractivity contribution is 6.33. The van der Waals surface area contributed by atoms with Gasteiger partial charge in [-0.25, -0.2) is 4.98 Å². The maximum Gasteiger partial charge on any atom is 0.308 e. The van der Waals surface area contributed by atoms with Crippen LogP contribution in [-0.2, 0) is 25.6 Å². The number of halogens is 1. The van der Waals surface area contributed by atoms with E-state index in [-0.39, 0.29) is 24.6 Å². The predicted octanol–water partition coefficient (Wildman–Crippen LogP) is 5.58. The maximum absolute atomic E-state index is 11.8. The number of carbonyl (C=O) groups is 1. The van der Waals surface area contributed by atoms with Crippen molar-refractivity contribution in [3.05, 3.63) is 65.2 Å². The van der Waals surface area contributed by atoms with E-state index >= 15 is 0 Å². The fraction of sp³-hybridized carbons (Fsp3) is 0.387. The van der Waals surface area contributed by atoms with Crippen molar-refractivity contribution in [2.45, 2.75) is 38.4 Å². The van der Waals surface area contributed by atoms with Gasteiger partial charge in [-0.1, -0.05) is 60.1 Å². The Morgan fingerprint density at radius 2 is 1.59 bits per heavy atom. The van der Waals surface area contributed by atoms with E-state index in [4.69, 9.17) is 40.6 Å². The van der Waals surface area contributed by atoms with E-state index in [1.165, 1.54) is 7.11 Å². The first-order valence-corrected chi connectivity index (χ1v) is 14.2. The largest absolute Gasteiger partial charge is 0.469 e. The van der Waals surface area contributed by atoms with E-state index in [2.05, 4.69) is 22.1 Å². The van der Waals surface area contributed by atoms with Gasteiger partial charge in [-0.05, 0) is 48.4 Å². The van der Waals surface area contributed by atoms with E-state index in [1.54, 1.807) is 0 Å². The van der Waals surface area contributed by atoms with Crippen LogP contribution in [0.4, 0.5) is 0 Å². The van der Waals surface area contributed by atoms with Crippen molar-refractivity contribution in [3.63, 3.8) is 0 Å². The van der Waals surface area contributed by atoms with E-state index in [1.807, 2.05) is 42.5 Å². The average molecular weight is 580 g/mol. The number of H-pyrrole nitrogens is 1. The van der Waals surface area contributed by atoms with Crippen LogP contribution >= 0.6 is 11.6 Å². The summed E-state index contributed by atoms with van der Waals surface area (Å²) in [4.78, 5) is 24.2. The topological polar surface area (TPSA) is 116 Å². The first-order chi connectivity index (χ1) is 20.0. The van der Waals surface area contributed by atoms with Gasteiger partial charge >= 0.3 is 5.97 Å². The lowest BCUT2D eigenvalue weighted by Crippen LogP contribution is -2.28. The zero-order valence-electron chi connectivity index (χ0n) is 23.0. The number of hydrogen-bond donors (Lipinski definition) is 2. The minimum atomic E-state index is -0.149. The second-order valence-electron chi connectivity index (χ2n) is 10.0. The van der Waals surface area contributed by atoms with Crippen LogP contribution in [-0.4, -0.2) is 65.7 Å². The number of pyridine rings is 1. The summed E-state index contributed by atoms with van der Waals surface area (Å²) in [6.07, 6.45) is 2.99. The molecule has 2 aromatic heterocycles. The number of ether oxygens (including phenoxy) is 4. The molecule has 0 radical (unpaired) electrons. The zero-order chi connectivity index (χ0) is 28.6. The normalized spacial score (nSPS) is 17.0. The second kappa shape index (κ2) is 13.9. The summed E-state index contributed by atoms with van der Waals surface area (Å²) in [5.41, 5.74) is 6.02. The standard InChI is InChI=1S/C31H34ClN3O6/c1-38-30(37)24-10-12-25(13-11-24)41-31-33-27-18-26(32)28(34-29(27)35-31)23-8-6-22(7-9-23)21-4-2-20(3-5-21)19-40-17-16-39-15-14-36/h2-9,18,24-25,36H,10-17,19H2,1H3,(H,33,34,35). The van der Waals surface area contributed by atoms with E-state index < -0.39 is 0 Å². The van der Waals surface area contributed by atoms with Gasteiger partial charge in [-0.3, -0.25) is 4.79 Å². The molecule has 216 valence electrons. The maximum atomic E-state index is 11.8. The average Bonchev–Trinajstić information content (AvgIpc) is 3.39. The van der Waals surface area contributed by atoms with Gasteiger partial charge < -0.3 is 29.0 Å². The van der Waals surface area contributed by atoms with Gasteiger partial charge in [0.15, 0.2) is 5.65 Å². The fourth-order valence-corrected chi connectivity index (χ4v) is 5.24. The number of methoxy groups -OCH3 is 1. The minimum Gasteiger partial charge on any atom is -0.469 e. The summed E-state index contributed by atoms with van der Waals surface area (Å²) in [6, 6.07) is 18.6. The Labute approximate surface area is 243 Å². The predicted molar refractivity (Wildman–Crippen MR) is 156 cm³/mol. The lowest BCUT2D eigenvalue weighted by atomic mass is 9.87. The highest BCUT2D eigenvalue weighted by Crippen LogP contribution is 2.32. The van der Waals surface area contributed by atoms with Crippen molar-refractivity contribution in [3.8, 4) is 28.4 Å². The Hall–Kier alpha value is -3.50. The number of benzene rings is 2. The molecule has 0 amide bonds. The van der Waals surface area contributed by atoms with E-state index in [0.717, 1.165) is 47.9 Å². The third-order valence-electron chi connectivity index (χ3n) is 7.21. The van der Waals surface area contributed by atoms with Gasteiger partial charge in [0.2, 0.25) is 0 Å². The number of aliphatic hydroxyl groups is 1. The Kier molecular flexibility index (Phi) is 9.84. The third-order valence-corrected chi connectivity index (χ3v) is 7.50. The van der Waals surface area contributed by atoms with Gasteiger partial charge in [0.05, 0.1) is 62.3 Å². The van der Waals surface area contributed by atoms with Crippen molar-refractivity contribution < 1.29 is 28.8 Å². The number of esters is 1. The smallest absolute Gasteiger partial charge is 0.308 e. The number of nitrogens with zero attached hydrogens (tertiary/aromatic N) is 2. The van der Waals surface area contributed by atoms with E-state index in [9.17, 15) is 4.79 Å². The Bertz CT molecular complexity index is 1430. The first-order valence-electron chi connectivity index (χ1n) is 13.8. The molecule has 4 aromatic rings.